The first-order valence-electron chi connectivity index (χ1n) is 8.16. The van der Waals surface area contributed by atoms with Crippen molar-refractivity contribution < 1.29 is 19.4 Å². The number of para-hydroxylation sites is 1. The lowest BCUT2D eigenvalue weighted by Gasteiger charge is -2.16. The molecular weight excluding hydrogens is 356 g/mol. The molecule has 0 aliphatic rings. The van der Waals surface area contributed by atoms with Crippen LogP contribution in [0.1, 0.15) is 36.7 Å². The van der Waals surface area contributed by atoms with E-state index in [0.717, 1.165) is 0 Å². The molecule has 7 heteroatoms. The van der Waals surface area contributed by atoms with Crippen molar-refractivity contribution in [2.45, 2.75) is 26.9 Å². The summed E-state index contributed by atoms with van der Waals surface area (Å²) in [4.78, 5) is 12.0. The van der Waals surface area contributed by atoms with Crippen molar-refractivity contribution in [2.24, 2.45) is 5.10 Å². The number of nitrogens with one attached hydrogen (secondary N) is 1. The first-order chi connectivity index (χ1) is 12.4. The number of hydrazone groups is 1. The van der Waals surface area contributed by atoms with Gasteiger partial charge in [0.25, 0.3) is 5.91 Å². The van der Waals surface area contributed by atoms with E-state index in [1.165, 1.54) is 18.3 Å². The fraction of sp³-hybridized carbons (Fsp3) is 0.263. The zero-order valence-corrected chi connectivity index (χ0v) is 15.6. The number of hydrogen-bond donors (Lipinski definition) is 2. The first-order valence-corrected chi connectivity index (χ1v) is 8.54. The summed E-state index contributed by atoms with van der Waals surface area (Å²) in [6, 6.07) is 9.61. The van der Waals surface area contributed by atoms with Crippen molar-refractivity contribution in [3.8, 4) is 17.2 Å². The molecule has 26 heavy (non-hydrogen) atoms. The summed E-state index contributed by atoms with van der Waals surface area (Å²) in [7, 11) is 0. The maximum Gasteiger partial charge on any atom is 0.275 e. The number of benzene rings is 2. The maximum atomic E-state index is 12.0. The molecule has 6 nitrogen and oxygen atoms in total. The molecule has 2 aromatic rings. The number of carbonyl (C=O) groups is 1. The number of phenols is 1. The molecule has 2 aromatic carbocycles. The average Bonchev–Trinajstić information content (AvgIpc) is 2.58. The van der Waals surface area contributed by atoms with Gasteiger partial charge in [0.15, 0.2) is 11.5 Å². The summed E-state index contributed by atoms with van der Waals surface area (Å²) in [5, 5.41) is 14.0. The fourth-order valence-corrected chi connectivity index (χ4v) is 2.43. The fourth-order valence-electron chi connectivity index (χ4n) is 2.17. The largest absolute Gasteiger partial charge is 0.507 e. The van der Waals surface area contributed by atoms with Crippen LogP contribution < -0.4 is 14.9 Å². The monoisotopic (exact) mass is 376 g/mol. The molecule has 1 amide bonds. The molecule has 0 fully saturated rings. The molecule has 2 N–H and O–H groups in total. The van der Waals surface area contributed by atoms with Gasteiger partial charge in [0.2, 0.25) is 0 Å². The van der Waals surface area contributed by atoms with E-state index in [1.54, 1.807) is 24.3 Å². The summed E-state index contributed by atoms with van der Waals surface area (Å²) in [5.41, 5.74) is 3.13. The second-order valence-electron chi connectivity index (χ2n) is 5.65. The van der Waals surface area contributed by atoms with Gasteiger partial charge in [-0.3, -0.25) is 4.79 Å². The summed E-state index contributed by atoms with van der Waals surface area (Å²) in [5.74, 6) is 0.341. The van der Waals surface area contributed by atoms with Gasteiger partial charge in [0, 0.05) is 0 Å². The van der Waals surface area contributed by atoms with Crippen molar-refractivity contribution in [3.63, 3.8) is 0 Å². The van der Waals surface area contributed by atoms with E-state index in [4.69, 9.17) is 21.1 Å². The number of carbonyl (C=O) groups excluding carboxylic acids is 1. The smallest absolute Gasteiger partial charge is 0.275 e. The van der Waals surface area contributed by atoms with Gasteiger partial charge in [-0.2, -0.15) is 5.10 Å². The van der Waals surface area contributed by atoms with Crippen LogP contribution in [0.2, 0.25) is 5.02 Å². The third-order valence-corrected chi connectivity index (χ3v) is 3.49. The summed E-state index contributed by atoms with van der Waals surface area (Å²) in [6.07, 6.45) is 1.38. The minimum atomic E-state index is -0.518. The third kappa shape index (κ3) is 5.13. The Labute approximate surface area is 157 Å². The van der Waals surface area contributed by atoms with Crippen molar-refractivity contribution in [1.29, 1.82) is 0 Å². The van der Waals surface area contributed by atoms with Crippen molar-refractivity contribution in [3.05, 3.63) is 52.5 Å². The van der Waals surface area contributed by atoms with Crippen LogP contribution in [0.15, 0.2) is 41.5 Å². The molecule has 0 aromatic heterocycles. The van der Waals surface area contributed by atoms with Gasteiger partial charge in [-0.05, 0) is 50.6 Å². The summed E-state index contributed by atoms with van der Waals surface area (Å²) in [6.45, 7) is 6.11. The minimum absolute atomic E-state index is 0.0518. The lowest BCUT2D eigenvalue weighted by Crippen LogP contribution is -2.17. The molecule has 0 bridgehead atoms. The Hall–Kier alpha value is -2.73. The molecule has 0 unspecified atom stereocenters. The van der Waals surface area contributed by atoms with Gasteiger partial charge < -0.3 is 14.6 Å². The van der Waals surface area contributed by atoms with Crippen LogP contribution in [0.4, 0.5) is 0 Å². The average molecular weight is 377 g/mol. The van der Waals surface area contributed by atoms with Crippen LogP contribution in [0.5, 0.6) is 17.2 Å². The van der Waals surface area contributed by atoms with E-state index < -0.39 is 5.91 Å². The molecule has 138 valence electrons. The predicted molar refractivity (Wildman–Crippen MR) is 102 cm³/mol. The molecule has 0 saturated carbocycles. The Morgan fingerprint density at radius 2 is 2.08 bits per heavy atom. The molecule has 0 spiro atoms. The Kier molecular flexibility index (Phi) is 6.86. The van der Waals surface area contributed by atoms with Crippen LogP contribution in [-0.2, 0) is 0 Å². The van der Waals surface area contributed by atoms with E-state index >= 15 is 0 Å². The number of amides is 1. The lowest BCUT2D eigenvalue weighted by atomic mass is 10.2. The Balaban J connectivity index is 2.17. The normalized spacial score (nSPS) is 11.0. The number of ether oxygens (including phenoxy) is 2. The molecule has 0 aliphatic carbocycles. The van der Waals surface area contributed by atoms with E-state index in [-0.39, 0.29) is 17.4 Å². The molecule has 0 atom stereocenters. The minimum Gasteiger partial charge on any atom is -0.507 e. The van der Waals surface area contributed by atoms with E-state index in [0.29, 0.717) is 28.7 Å². The maximum absolute atomic E-state index is 12.0. The number of hydrogen-bond acceptors (Lipinski definition) is 5. The lowest BCUT2D eigenvalue weighted by molar-refractivity contribution is 0.0952. The van der Waals surface area contributed by atoms with Gasteiger partial charge in [0.05, 0.1) is 29.5 Å². The van der Waals surface area contributed by atoms with Gasteiger partial charge in [0.1, 0.15) is 5.75 Å². The SMILES string of the molecule is CCOc1cc(/C=N\NC(=O)c2ccccc2O)cc(Cl)c1OC(C)C. The van der Waals surface area contributed by atoms with Gasteiger partial charge >= 0.3 is 0 Å². The highest BCUT2D eigenvalue weighted by molar-refractivity contribution is 6.32. The van der Waals surface area contributed by atoms with E-state index in [1.807, 2.05) is 20.8 Å². The Bertz CT molecular complexity index is 806. The van der Waals surface area contributed by atoms with Crippen LogP contribution >= 0.6 is 11.6 Å². The zero-order chi connectivity index (χ0) is 19.1. The van der Waals surface area contributed by atoms with E-state index in [9.17, 15) is 9.90 Å². The molecule has 0 saturated heterocycles. The Morgan fingerprint density at radius 3 is 2.73 bits per heavy atom. The van der Waals surface area contributed by atoms with Gasteiger partial charge in [-0.15, -0.1) is 0 Å². The summed E-state index contributed by atoms with van der Waals surface area (Å²) >= 11 is 6.29. The highest BCUT2D eigenvalue weighted by atomic mass is 35.5. The molecule has 0 radical (unpaired) electrons. The van der Waals surface area contributed by atoms with Crippen molar-refractivity contribution in [2.75, 3.05) is 6.61 Å². The highest BCUT2D eigenvalue weighted by Gasteiger charge is 2.14. The molecular formula is C19H21ClN2O4. The second kappa shape index (κ2) is 9.10. The number of nitrogens with zero attached hydrogens (tertiary/aromatic N) is 1. The number of phenolic OH excluding ortho intramolecular Hbond substituents is 1. The highest BCUT2D eigenvalue weighted by Crippen LogP contribution is 2.37. The first kappa shape index (κ1) is 19.6. The van der Waals surface area contributed by atoms with Gasteiger partial charge in [-0.25, -0.2) is 5.43 Å². The topological polar surface area (TPSA) is 80.2 Å². The predicted octanol–water partition coefficient (Wildman–Crippen LogP) is 4.00. The molecule has 2 rings (SSSR count). The standard InChI is InChI=1S/C19H21ClN2O4/c1-4-25-17-10-13(9-15(20)18(17)26-12(2)3)11-21-22-19(24)14-7-5-6-8-16(14)23/h5-12,23H,4H2,1-3H3,(H,22,24)/b21-11-. The van der Waals surface area contributed by atoms with Crippen LogP contribution in [0, 0.1) is 0 Å². The third-order valence-electron chi connectivity index (χ3n) is 3.21. The quantitative estimate of drug-likeness (QED) is 0.565. The number of aromatic hydroxyl groups is 1. The van der Waals surface area contributed by atoms with Crippen LogP contribution in [0.3, 0.4) is 0 Å². The summed E-state index contributed by atoms with van der Waals surface area (Å²) < 4.78 is 11.3. The van der Waals surface area contributed by atoms with Crippen LogP contribution in [-0.4, -0.2) is 29.9 Å². The second-order valence-corrected chi connectivity index (χ2v) is 6.05. The molecule has 0 aliphatic heterocycles. The van der Waals surface area contributed by atoms with Crippen molar-refractivity contribution >= 4 is 23.7 Å². The number of halogens is 1. The number of rotatable bonds is 7. The van der Waals surface area contributed by atoms with Crippen molar-refractivity contribution in [1.82, 2.24) is 5.43 Å². The van der Waals surface area contributed by atoms with Crippen LogP contribution in [0.25, 0.3) is 0 Å². The molecule has 0 heterocycles. The Morgan fingerprint density at radius 1 is 1.35 bits per heavy atom. The van der Waals surface area contributed by atoms with E-state index in [2.05, 4.69) is 10.5 Å². The van der Waals surface area contributed by atoms with Gasteiger partial charge in [-0.1, -0.05) is 23.7 Å². The zero-order valence-electron chi connectivity index (χ0n) is 14.8.